The highest BCUT2D eigenvalue weighted by molar-refractivity contribution is 7.91. The van der Waals surface area contributed by atoms with Crippen molar-refractivity contribution < 1.29 is 46.9 Å². The Morgan fingerprint density at radius 3 is 2.49 bits per heavy atom. The Kier molecular flexibility index (Phi) is 12.3. The first-order valence-corrected chi connectivity index (χ1v) is 22.6. The molecule has 7 rings (SSSR count). The fraction of sp³-hybridized carbons (Fsp3) is 0.545. The topological polar surface area (TPSA) is 215 Å². The fourth-order valence-electron chi connectivity index (χ4n) is 8.53. The quantitative estimate of drug-likeness (QED) is 0.180. The first kappa shape index (κ1) is 43.6. The van der Waals surface area contributed by atoms with Gasteiger partial charge >= 0.3 is 6.09 Å². The minimum absolute atomic E-state index is 0.0395. The van der Waals surface area contributed by atoms with E-state index >= 15 is 0 Å². The Morgan fingerprint density at radius 1 is 1.08 bits per heavy atom. The summed E-state index contributed by atoms with van der Waals surface area (Å²) >= 11 is 0. The summed E-state index contributed by atoms with van der Waals surface area (Å²) in [7, 11) is -2.47. The molecule has 2 unspecified atom stereocenters. The lowest BCUT2D eigenvalue weighted by atomic mass is 9.85. The first-order chi connectivity index (χ1) is 29.0. The number of methoxy groups -OCH3 is 1. The van der Waals surface area contributed by atoms with E-state index in [0.717, 1.165) is 11.8 Å². The Hall–Kier alpha value is -5.45. The van der Waals surface area contributed by atoms with Crippen LogP contribution in [0.3, 0.4) is 0 Å². The Bertz CT molecular complexity index is 2320. The summed E-state index contributed by atoms with van der Waals surface area (Å²) in [5.74, 6) is -1.49. The highest BCUT2D eigenvalue weighted by atomic mass is 32.2. The summed E-state index contributed by atoms with van der Waals surface area (Å²) in [5.41, 5.74) is -0.560. The van der Waals surface area contributed by atoms with Gasteiger partial charge in [0.1, 0.15) is 35.2 Å². The molecule has 1 saturated heterocycles. The highest BCUT2D eigenvalue weighted by Crippen LogP contribution is 2.48. The van der Waals surface area contributed by atoms with Gasteiger partial charge in [0.05, 0.1) is 42.1 Å². The average molecular weight is 861 g/mol. The zero-order chi connectivity index (χ0) is 43.9. The summed E-state index contributed by atoms with van der Waals surface area (Å²) in [6.45, 7) is 9.26. The number of hydrogen-bond acceptors (Lipinski definition) is 11. The monoisotopic (exact) mass is 860 g/mol. The van der Waals surface area contributed by atoms with Gasteiger partial charge in [-0.2, -0.15) is 0 Å². The number of ether oxygens (including phenoxy) is 3. The molecular formula is C44H56N6O10S. The number of rotatable bonds is 11. The SMILES string of the molecule is CC[C@@H]1C[C@@H](C)CC/C=C\C2CC2(C(=O)NS(=O)(=O)C2(C)CC2)NC(=O)[C@@H]2C[C@@H](Oc3nc(-c4ccc(OC(C)C)cn4)cc4cc(OC)ccc34)CN2C(=O)[C@H]1NC(=O)O. The van der Waals surface area contributed by atoms with Gasteiger partial charge in [0.15, 0.2) is 0 Å². The minimum atomic E-state index is -4.04. The van der Waals surface area contributed by atoms with Crippen molar-refractivity contribution in [2.75, 3.05) is 13.7 Å². The van der Waals surface area contributed by atoms with E-state index in [9.17, 15) is 32.7 Å². The van der Waals surface area contributed by atoms with E-state index in [4.69, 9.17) is 19.2 Å². The zero-order valence-corrected chi connectivity index (χ0v) is 36.3. The van der Waals surface area contributed by atoms with Crippen LogP contribution in [-0.2, 0) is 24.4 Å². The molecule has 2 aliphatic carbocycles. The first-order valence-electron chi connectivity index (χ1n) is 21.1. The standard InChI is InChI=1S/C44H56N6O10S/c1-7-27-18-26(4)10-8-9-11-29-22-44(29,41(53)49-61(56,57)43(5)16-17-43)48-38(51)36-21-32(24-50(36)40(52)37(27)47-42(54)55)60-39-33-14-12-30(58-6)19-28(33)20-35(46-39)34-15-13-31(23-45-34)59-25(2)3/h9,11-15,19-20,23,25-27,29,32,36-37,47H,7-8,10,16-18,21-22,24H2,1-6H3,(H,48,51)(H,49,53)(H,54,55)/b11-9-/t26-,27+,29?,32+,36-,37-,44?/m0/s1. The lowest BCUT2D eigenvalue weighted by Gasteiger charge is -2.33. The van der Waals surface area contributed by atoms with Gasteiger partial charge in [0.25, 0.3) is 5.91 Å². The van der Waals surface area contributed by atoms with Crippen LogP contribution in [0.1, 0.15) is 86.0 Å². The smallest absolute Gasteiger partial charge is 0.405 e. The highest BCUT2D eigenvalue weighted by Gasteiger charge is 2.63. The van der Waals surface area contributed by atoms with Crippen LogP contribution in [0.15, 0.2) is 54.7 Å². The molecule has 0 spiro atoms. The second-order valence-corrected chi connectivity index (χ2v) is 19.7. The number of aromatic nitrogens is 2. The molecule has 3 aromatic rings. The van der Waals surface area contributed by atoms with Crippen molar-refractivity contribution in [2.24, 2.45) is 17.8 Å². The predicted molar refractivity (Wildman–Crippen MR) is 226 cm³/mol. The number of fused-ring (bicyclic) bond motifs is 3. The maximum absolute atomic E-state index is 14.8. The van der Waals surface area contributed by atoms with Crippen LogP contribution in [0.5, 0.6) is 17.4 Å². The van der Waals surface area contributed by atoms with Gasteiger partial charge in [-0.05, 0) is 113 Å². The van der Waals surface area contributed by atoms with E-state index in [1.54, 1.807) is 44.5 Å². The number of benzene rings is 1. The van der Waals surface area contributed by atoms with Crippen molar-refractivity contribution in [3.05, 3.63) is 54.7 Å². The second kappa shape index (κ2) is 17.1. The molecule has 61 heavy (non-hydrogen) atoms. The summed E-state index contributed by atoms with van der Waals surface area (Å²) in [4.78, 5) is 66.5. The Balaban J connectivity index is 1.25. The van der Waals surface area contributed by atoms with Crippen LogP contribution in [0, 0.1) is 17.8 Å². The lowest BCUT2D eigenvalue weighted by molar-refractivity contribution is -0.142. The van der Waals surface area contributed by atoms with Gasteiger partial charge in [0.2, 0.25) is 27.7 Å². The number of allylic oxidation sites excluding steroid dienone is 1. The number of carbonyl (C=O) groups excluding carboxylic acids is 3. The summed E-state index contributed by atoms with van der Waals surface area (Å²) in [6.07, 6.45) is 6.52. The molecule has 2 aromatic heterocycles. The maximum atomic E-state index is 14.8. The van der Waals surface area contributed by atoms with Crippen LogP contribution in [0.25, 0.3) is 22.2 Å². The van der Waals surface area contributed by atoms with Gasteiger partial charge in [-0.15, -0.1) is 0 Å². The van der Waals surface area contributed by atoms with Crippen molar-refractivity contribution in [1.29, 1.82) is 0 Å². The molecule has 3 fully saturated rings. The molecule has 7 atom stereocenters. The Morgan fingerprint density at radius 2 is 1.84 bits per heavy atom. The molecule has 2 saturated carbocycles. The van der Waals surface area contributed by atoms with Crippen molar-refractivity contribution in [1.82, 2.24) is 30.2 Å². The normalized spacial score (nSPS) is 28.0. The molecule has 4 aliphatic rings. The van der Waals surface area contributed by atoms with Crippen LogP contribution in [-0.4, -0.2) is 100 Å². The van der Waals surface area contributed by atoms with E-state index in [1.165, 1.54) is 4.90 Å². The molecule has 16 nitrogen and oxygen atoms in total. The van der Waals surface area contributed by atoms with Gasteiger partial charge in [0, 0.05) is 17.7 Å². The fourth-order valence-corrected chi connectivity index (χ4v) is 9.84. The molecule has 0 radical (unpaired) electrons. The van der Waals surface area contributed by atoms with E-state index in [1.807, 2.05) is 52.0 Å². The number of nitrogens with one attached hydrogen (secondary N) is 3. The number of amides is 4. The van der Waals surface area contributed by atoms with E-state index < -0.39 is 74.1 Å². The molecule has 17 heteroatoms. The van der Waals surface area contributed by atoms with E-state index in [-0.39, 0.29) is 37.3 Å². The third kappa shape index (κ3) is 9.26. The van der Waals surface area contributed by atoms with Crippen LogP contribution >= 0.6 is 0 Å². The van der Waals surface area contributed by atoms with Crippen LogP contribution in [0.4, 0.5) is 4.79 Å². The third-order valence-electron chi connectivity index (χ3n) is 12.5. The van der Waals surface area contributed by atoms with Gasteiger partial charge in [-0.25, -0.2) is 18.2 Å². The molecule has 2 aliphatic heterocycles. The van der Waals surface area contributed by atoms with Crippen molar-refractivity contribution in [3.8, 4) is 28.8 Å². The summed E-state index contributed by atoms with van der Waals surface area (Å²) in [6, 6.07) is 8.45. The maximum Gasteiger partial charge on any atom is 0.405 e. The number of carboxylic acid groups (broad SMARTS) is 1. The largest absolute Gasteiger partial charge is 0.497 e. The van der Waals surface area contributed by atoms with Gasteiger partial charge in [-0.1, -0.05) is 32.4 Å². The van der Waals surface area contributed by atoms with Gasteiger partial charge in [-0.3, -0.25) is 24.1 Å². The van der Waals surface area contributed by atoms with Gasteiger partial charge < -0.3 is 34.9 Å². The number of hydrogen-bond donors (Lipinski definition) is 4. The summed E-state index contributed by atoms with van der Waals surface area (Å²) < 4.78 is 45.7. The number of nitrogens with zero attached hydrogens (tertiary/aromatic N) is 3. The third-order valence-corrected chi connectivity index (χ3v) is 14.7. The molecule has 4 N–H and O–H groups in total. The van der Waals surface area contributed by atoms with Crippen LogP contribution in [0.2, 0.25) is 0 Å². The molecule has 1 aromatic carbocycles. The minimum Gasteiger partial charge on any atom is -0.497 e. The molecule has 4 amide bonds. The predicted octanol–water partition coefficient (Wildman–Crippen LogP) is 5.35. The van der Waals surface area contributed by atoms with Crippen LogP contribution < -0.4 is 29.6 Å². The second-order valence-electron chi connectivity index (χ2n) is 17.5. The van der Waals surface area contributed by atoms with E-state index in [2.05, 4.69) is 20.3 Å². The van der Waals surface area contributed by atoms with Crippen molar-refractivity contribution in [3.63, 3.8) is 0 Å². The lowest BCUT2D eigenvalue weighted by Crippen LogP contribution is -2.59. The molecule has 0 bridgehead atoms. The summed E-state index contributed by atoms with van der Waals surface area (Å²) in [5, 5.41) is 16.7. The number of sulfonamides is 1. The number of carbonyl (C=O) groups is 4. The number of pyridine rings is 2. The van der Waals surface area contributed by atoms with Crippen molar-refractivity contribution in [2.45, 2.75) is 121 Å². The molecular weight excluding hydrogens is 805 g/mol. The average Bonchev–Trinajstić information content (AvgIpc) is 4.10. The zero-order valence-electron chi connectivity index (χ0n) is 35.5. The molecule has 328 valence electrons. The van der Waals surface area contributed by atoms with Crippen molar-refractivity contribution >= 4 is 44.6 Å². The molecule has 4 heterocycles. The van der Waals surface area contributed by atoms with E-state index in [0.29, 0.717) is 60.4 Å². The Labute approximate surface area is 356 Å².